The maximum atomic E-state index is 12.7. The molecule has 0 aromatic heterocycles. The predicted octanol–water partition coefficient (Wildman–Crippen LogP) is 0.377. The molecule has 0 aromatic carbocycles. The monoisotopic (exact) mass is 381 g/mol. The molecule has 1 rings (SSSR count). The van der Waals surface area contributed by atoms with Crippen LogP contribution in [0.15, 0.2) is 11.8 Å². The molecule has 148 valence electrons. The fraction of sp³-hybridized carbons (Fsp3) is 0.667. The molecular weight excluding hydrogens is 359 g/mol. The van der Waals surface area contributed by atoms with Crippen LogP contribution in [0.3, 0.4) is 0 Å². The number of nitrogens with zero attached hydrogens (tertiary/aromatic N) is 1. The first kappa shape index (κ1) is 21.7. The minimum Gasteiger partial charge on any atom is -0.475 e. The number of hydrogen-bond donors (Lipinski definition) is 3. The maximum absolute atomic E-state index is 12.7. The third kappa shape index (κ3) is 5.35. The Labute approximate surface area is 148 Å². The van der Waals surface area contributed by atoms with E-state index in [4.69, 9.17) is 15.6 Å². The van der Waals surface area contributed by atoms with E-state index in [0.29, 0.717) is 25.9 Å². The largest absolute Gasteiger partial charge is 0.475 e. The van der Waals surface area contributed by atoms with Crippen molar-refractivity contribution in [1.82, 2.24) is 10.2 Å². The van der Waals surface area contributed by atoms with E-state index in [1.807, 2.05) is 0 Å². The Morgan fingerprint density at radius 1 is 1.27 bits per heavy atom. The molecule has 1 aliphatic heterocycles. The molecule has 0 spiro atoms. The Bertz CT molecular complexity index is 573. The summed E-state index contributed by atoms with van der Waals surface area (Å²) in [7, 11) is 0. The van der Waals surface area contributed by atoms with E-state index in [2.05, 4.69) is 0 Å². The van der Waals surface area contributed by atoms with Gasteiger partial charge in [-0.1, -0.05) is 13.8 Å². The van der Waals surface area contributed by atoms with E-state index in [1.165, 1.54) is 4.90 Å². The van der Waals surface area contributed by atoms with E-state index < -0.39 is 47.9 Å². The second-order valence-corrected chi connectivity index (χ2v) is 5.77. The first-order valence-electron chi connectivity index (χ1n) is 8.06. The quantitative estimate of drug-likeness (QED) is 0.586. The standard InChI is InChI=1S/C15H22F3N3O5/c1-3-5-21(6-4-2)12(22)11-10(20-14(25)15(16,17)18)8(19)7-9(26-11)13(23)24/h7-8,10-11H,3-6,19H2,1-2H3,(H,20,25)(H,23,24)/t8-,10+,11+/m0/s1. The van der Waals surface area contributed by atoms with Gasteiger partial charge in [0.05, 0.1) is 12.1 Å². The number of halogens is 3. The average molecular weight is 381 g/mol. The molecule has 0 unspecified atom stereocenters. The van der Waals surface area contributed by atoms with Crippen LogP contribution in [0.25, 0.3) is 0 Å². The summed E-state index contributed by atoms with van der Waals surface area (Å²) >= 11 is 0. The molecule has 0 aliphatic carbocycles. The van der Waals surface area contributed by atoms with Crippen molar-refractivity contribution < 1.29 is 37.4 Å². The van der Waals surface area contributed by atoms with Crippen molar-refractivity contribution in [2.45, 2.75) is 51.1 Å². The number of aliphatic carboxylic acids is 1. The van der Waals surface area contributed by atoms with E-state index in [1.54, 1.807) is 19.2 Å². The number of ether oxygens (including phenoxy) is 1. The van der Waals surface area contributed by atoms with Crippen LogP contribution in [0.4, 0.5) is 13.2 Å². The zero-order valence-electron chi connectivity index (χ0n) is 14.4. The van der Waals surface area contributed by atoms with Gasteiger partial charge < -0.3 is 25.8 Å². The highest BCUT2D eigenvalue weighted by Crippen LogP contribution is 2.22. The van der Waals surface area contributed by atoms with Gasteiger partial charge in [0.2, 0.25) is 5.76 Å². The van der Waals surface area contributed by atoms with Crippen LogP contribution in [0, 0.1) is 0 Å². The number of nitrogens with two attached hydrogens (primary N) is 1. The summed E-state index contributed by atoms with van der Waals surface area (Å²) in [4.78, 5) is 36.5. The molecule has 0 aromatic rings. The predicted molar refractivity (Wildman–Crippen MR) is 83.7 cm³/mol. The van der Waals surface area contributed by atoms with Crippen molar-refractivity contribution in [3.05, 3.63) is 11.8 Å². The van der Waals surface area contributed by atoms with Crippen molar-refractivity contribution in [3.63, 3.8) is 0 Å². The van der Waals surface area contributed by atoms with E-state index >= 15 is 0 Å². The van der Waals surface area contributed by atoms with E-state index in [0.717, 1.165) is 6.08 Å². The summed E-state index contributed by atoms with van der Waals surface area (Å²) in [6.07, 6.45) is -4.85. The Balaban J connectivity index is 3.18. The lowest BCUT2D eigenvalue weighted by Crippen LogP contribution is -2.63. The Hall–Kier alpha value is -2.30. The van der Waals surface area contributed by atoms with Gasteiger partial charge in [0.25, 0.3) is 5.91 Å². The zero-order chi connectivity index (χ0) is 20.1. The van der Waals surface area contributed by atoms with Crippen LogP contribution >= 0.6 is 0 Å². The third-order valence-electron chi connectivity index (χ3n) is 3.65. The number of carbonyl (C=O) groups is 3. The molecular formula is C15H22F3N3O5. The van der Waals surface area contributed by atoms with Crippen LogP contribution in [0.5, 0.6) is 0 Å². The number of alkyl halides is 3. The third-order valence-corrected chi connectivity index (χ3v) is 3.65. The number of hydrogen-bond acceptors (Lipinski definition) is 5. The Kier molecular flexibility index (Phi) is 7.42. The fourth-order valence-electron chi connectivity index (χ4n) is 2.51. The van der Waals surface area contributed by atoms with Crippen LogP contribution in [-0.4, -0.2) is 65.2 Å². The lowest BCUT2D eigenvalue weighted by molar-refractivity contribution is -0.176. The smallest absolute Gasteiger partial charge is 0.471 e. The number of carboxylic acids is 1. The summed E-state index contributed by atoms with van der Waals surface area (Å²) in [5.41, 5.74) is 5.70. The second-order valence-electron chi connectivity index (χ2n) is 5.77. The molecule has 0 fully saturated rings. The summed E-state index contributed by atoms with van der Waals surface area (Å²) in [6, 6.07) is -2.91. The molecule has 3 atom stereocenters. The van der Waals surface area contributed by atoms with Crippen molar-refractivity contribution >= 4 is 17.8 Å². The van der Waals surface area contributed by atoms with Gasteiger partial charge in [0.1, 0.15) is 0 Å². The average Bonchev–Trinajstić information content (AvgIpc) is 2.54. The lowest BCUT2D eigenvalue weighted by Gasteiger charge is -2.37. The van der Waals surface area contributed by atoms with Gasteiger partial charge in [-0.2, -0.15) is 13.2 Å². The molecule has 0 saturated heterocycles. The topological polar surface area (TPSA) is 122 Å². The molecule has 0 radical (unpaired) electrons. The van der Waals surface area contributed by atoms with Crippen LogP contribution in [0.1, 0.15) is 26.7 Å². The highest BCUT2D eigenvalue weighted by Gasteiger charge is 2.47. The molecule has 8 nitrogen and oxygen atoms in total. The van der Waals surface area contributed by atoms with Gasteiger partial charge in [-0.05, 0) is 18.9 Å². The van der Waals surface area contributed by atoms with Gasteiger partial charge >= 0.3 is 18.1 Å². The fourth-order valence-corrected chi connectivity index (χ4v) is 2.51. The number of amides is 2. The van der Waals surface area contributed by atoms with Crippen molar-refractivity contribution in [3.8, 4) is 0 Å². The van der Waals surface area contributed by atoms with Crippen LogP contribution in [-0.2, 0) is 19.1 Å². The SMILES string of the molecule is CCCN(CCC)C(=O)[C@@H]1OC(C(=O)O)=C[C@H](N)[C@H]1NC(=O)C(F)(F)F. The zero-order valence-corrected chi connectivity index (χ0v) is 14.4. The number of carbonyl (C=O) groups excluding carboxylic acids is 2. The highest BCUT2D eigenvalue weighted by molar-refractivity contribution is 5.89. The Morgan fingerprint density at radius 3 is 2.23 bits per heavy atom. The minimum absolute atomic E-state index is 0.299. The molecule has 11 heteroatoms. The van der Waals surface area contributed by atoms with Crippen molar-refractivity contribution in [2.75, 3.05) is 13.1 Å². The van der Waals surface area contributed by atoms with Crippen molar-refractivity contribution in [1.29, 1.82) is 0 Å². The normalized spacial score (nSPS) is 22.8. The highest BCUT2D eigenvalue weighted by atomic mass is 19.4. The molecule has 1 aliphatic rings. The first-order chi connectivity index (χ1) is 12.0. The summed E-state index contributed by atoms with van der Waals surface area (Å²) in [6.45, 7) is 4.20. The van der Waals surface area contributed by atoms with Crippen LogP contribution in [0.2, 0.25) is 0 Å². The summed E-state index contributed by atoms with van der Waals surface area (Å²) < 4.78 is 42.8. The van der Waals surface area contributed by atoms with Gasteiger partial charge in [-0.3, -0.25) is 9.59 Å². The van der Waals surface area contributed by atoms with Gasteiger partial charge in [0, 0.05) is 13.1 Å². The molecule has 2 amide bonds. The molecule has 4 N–H and O–H groups in total. The second kappa shape index (κ2) is 8.88. The minimum atomic E-state index is -5.18. The van der Waals surface area contributed by atoms with Gasteiger partial charge in [-0.15, -0.1) is 0 Å². The number of nitrogens with one attached hydrogen (secondary N) is 1. The number of rotatable bonds is 7. The van der Waals surface area contributed by atoms with E-state index in [9.17, 15) is 27.6 Å². The molecule has 26 heavy (non-hydrogen) atoms. The molecule has 0 bridgehead atoms. The number of carboxylic acid groups (broad SMARTS) is 1. The summed E-state index contributed by atoms with van der Waals surface area (Å²) in [5.74, 6) is -5.19. The van der Waals surface area contributed by atoms with Gasteiger partial charge in [-0.25, -0.2) is 4.79 Å². The Morgan fingerprint density at radius 2 is 1.81 bits per heavy atom. The van der Waals surface area contributed by atoms with Crippen LogP contribution < -0.4 is 11.1 Å². The molecule has 0 saturated carbocycles. The lowest BCUT2D eigenvalue weighted by atomic mass is 9.97. The maximum Gasteiger partial charge on any atom is 0.471 e. The first-order valence-corrected chi connectivity index (χ1v) is 8.06. The van der Waals surface area contributed by atoms with Gasteiger partial charge in [0.15, 0.2) is 6.10 Å². The summed E-state index contributed by atoms with van der Waals surface area (Å²) in [5, 5.41) is 10.7. The van der Waals surface area contributed by atoms with Crippen molar-refractivity contribution in [2.24, 2.45) is 5.73 Å². The molecule has 1 heterocycles. The van der Waals surface area contributed by atoms with E-state index in [-0.39, 0.29) is 0 Å².